The van der Waals surface area contributed by atoms with Crippen molar-refractivity contribution in [3.05, 3.63) is 35.4 Å². The van der Waals surface area contributed by atoms with Gasteiger partial charge in [0.15, 0.2) is 0 Å². The number of hydrogen-bond acceptors (Lipinski definition) is 3. The minimum atomic E-state index is 0.268. The standard InChI is InChI=1S/C15H23NOS/c1-3-18-11-13(16-2)10-15-14-7-5-4-6-12(14)8-9-17-15/h4-7,13,15-16H,3,8-11H2,1-2H3. The van der Waals surface area contributed by atoms with E-state index in [0.717, 1.165) is 25.2 Å². The van der Waals surface area contributed by atoms with Gasteiger partial charge in [-0.1, -0.05) is 31.2 Å². The number of nitrogens with one attached hydrogen (secondary N) is 1. The molecule has 3 heteroatoms. The maximum absolute atomic E-state index is 5.97. The molecule has 1 heterocycles. The van der Waals surface area contributed by atoms with Crippen LogP contribution in [0.3, 0.4) is 0 Å². The van der Waals surface area contributed by atoms with Gasteiger partial charge in [-0.05, 0) is 36.8 Å². The highest BCUT2D eigenvalue weighted by Crippen LogP contribution is 2.30. The van der Waals surface area contributed by atoms with Crippen LogP contribution >= 0.6 is 11.8 Å². The van der Waals surface area contributed by atoms with Crippen LogP contribution in [0.5, 0.6) is 0 Å². The van der Waals surface area contributed by atoms with E-state index in [1.165, 1.54) is 16.9 Å². The van der Waals surface area contributed by atoms with Crippen LogP contribution in [0, 0.1) is 0 Å². The highest BCUT2D eigenvalue weighted by atomic mass is 32.2. The number of benzene rings is 1. The zero-order valence-corrected chi connectivity index (χ0v) is 12.1. The van der Waals surface area contributed by atoms with Gasteiger partial charge in [-0.3, -0.25) is 0 Å². The summed E-state index contributed by atoms with van der Waals surface area (Å²) in [6, 6.07) is 9.24. The topological polar surface area (TPSA) is 21.3 Å². The Balaban J connectivity index is 2.01. The number of rotatable bonds is 6. The third-order valence-electron chi connectivity index (χ3n) is 3.52. The number of fused-ring (bicyclic) bond motifs is 1. The minimum Gasteiger partial charge on any atom is -0.373 e. The van der Waals surface area contributed by atoms with Crippen LogP contribution in [0.25, 0.3) is 0 Å². The first-order valence-electron chi connectivity index (χ1n) is 6.79. The highest BCUT2D eigenvalue weighted by Gasteiger charge is 2.23. The molecule has 18 heavy (non-hydrogen) atoms. The second kappa shape index (κ2) is 7.17. The lowest BCUT2D eigenvalue weighted by atomic mass is 9.94. The molecule has 2 unspecified atom stereocenters. The maximum atomic E-state index is 5.97. The molecular weight excluding hydrogens is 242 g/mol. The molecule has 0 fully saturated rings. The van der Waals surface area contributed by atoms with Gasteiger partial charge in [0, 0.05) is 11.8 Å². The van der Waals surface area contributed by atoms with E-state index >= 15 is 0 Å². The molecule has 0 aliphatic carbocycles. The lowest BCUT2D eigenvalue weighted by molar-refractivity contribution is 0.0315. The van der Waals surface area contributed by atoms with Crippen LogP contribution in [-0.2, 0) is 11.2 Å². The van der Waals surface area contributed by atoms with Crippen LogP contribution in [0.1, 0.15) is 30.6 Å². The van der Waals surface area contributed by atoms with Crippen molar-refractivity contribution in [2.45, 2.75) is 31.9 Å². The van der Waals surface area contributed by atoms with Crippen molar-refractivity contribution < 1.29 is 4.74 Å². The Kier molecular flexibility index (Phi) is 5.54. The predicted molar refractivity (Wildman–Crippen MR) is 79.3 cm³/mol. The Bertz CT molecular complexity index is 369. The summed E-state index contributed by atoms with van der Waals surface area (Å²) in [7, 11) is 2.05. The van der Waals surface area contributed by atoms with Gasteiger partial charge >= 0.3 is 0 Å². The minimum absolute atomic E-state index is 0.268. The van der Waals surface area contributed by atoms with Crippen molar-refractivity contribution in [3.8, 4) is 0 Å². The van der Waals surface area contributed by atoms with Crippen molar-refractivity contribution in [1.29, 1.82) is 0 Å². The molecule has 0 amide bonds. The summed E-state index contributed by atoms with van der Waals surface area (Å²) >= 11 is 1.99. The normalized spacial score (nSPS) is 20.4. The fourth-order valence-electron chi connectivity index (χ4n) is 2.46. The van der Waals surface area contributed by atoms with E-state index in [1.54, 1.807) is 0 Å². The summed E-state index contributed by atoms with van der Waals surface area (Å²) in [4.78, 5) is 0. The second-order valence-electron chi connectivity index (χ2n) is 4.69. The molecule has 100 valence electrons. The average Bonchev–Trinajstić information content (AvgIpc) is 2.43. The van der Waals surface area contributed by atoms with E-state index in [0.29, 0.717) is 6.04 Å². The summed E-state index contributed by atoms with van der Waals surface area (Å²) in [6.07, 6.45) is 2.39. The molecule has 1 aromatic carbocycles. The molecule has 0 radical (unpaired) electrons. The van der Waals surface area contributed by atoms with Crippen LogP contribution < -0.4 is 5.32 Å². The van der Waals surface area contributed by atoms with Gasteiger partial charge in [-0.15, -0.1) is 0 Å². The molecule has 0 bridgehead atoms. The van der Waals surface area contributed by atoms with Crippen LogP contribution in [0.4, 0.5) is 0 Å². The lowest BCUT2D eigenvalue weighted by Crippen LogP contribution is -2.32. The number of hydrogen-bond donors (Lipinski definition) is 1. The highest BCUT2D eigenvalue weighted by molar-refractivity contribution is 7.99. The van der Waals surface area contributed by atoms with Crippen molar-refractivity contribution >= 4 is 11.8 Å². The quantitative estimate of drug-likeness (QED) is 0.854. The summed E-state index contributed by atoms with van der Waals surface area (Å²) < 4.78 is 5.97. The summed E-state index contributed by atoms with van der Waals surface area (Å²) in [5.74, 6) is 2.34. The predicted octanol–water partition coefficient (Wildman–Crippen LogP) is 3.03. The second-order valence-corrected chi connectivity index (χ2v) is 6.01. The fraction of sp³-hybridized carbons (Fsp3) is 0.600. The van der Waals surface area contributed by atoms with E-state index in [9.17, 15) is 0 Å². The Morgan fingerprint density at radius 1 is 1.44 bits per heavy atom. The molecule has 1 aliphatic heterocycles. The Labute approximate surface area is 114 Å². The number of thioether (sulfide) groups is 1. The fourth-order valence-corrected chi connectivity index (χ4v) is 3.28. The molecule has 0 aromatic heterocycles. The van der Waals surface area contributed by atoms with Gasteiger partial charge in [0.2, 0.25) is 0 Å². The largest absolute Gasteiger partial charge is 0.373 e. The summed E-state index contributed by atoms with van der Waals surface area (Å²) in [5, 5.41) is 3.41. The smallest absolute Gasteiger partial charge is 0.0842 e. The molecule has 2 rings (SSSR count). The van der Waals surface area contributed by atoms with Gasteiger partial charge < -0.3 is 10.1 Å². The summed E-state index contributed by atoms with van der Waals surface area (Å²) in [5.41, 5.74) is 2.86. The Morgan fingerprint density at radius 2 is 2.28 bits per heavy atom. The molecule has 0 saturated heterocycles. The first kappa shape index (κ1) is 13.9. The van der Waals surface area contributed by atoms with Crippen LogP contribution in [0.2, 0.25) is 0 Å². The van der Waals surface area contributed by atoms with Gasteiger partial charge in [0.25, 0.3) is 0 Å². The molecule has 0 saturated carbocycles. The Hall–Kier alpha value is -0.510. The maximum Gasteiger partial charge on any atom is 0.0842 e. The lowest BCUT2D eigenvalue weighted by Gasteiger charge is -2.29. The van der Waals surface area contributed by atoms with Gasteiger partial charge in [-0.25, -0.2) is 0 Å². The zero-order chi connectivity index (χ0) is 12.8. The van der Waals surface area contributed by atoms with E-state index in [2.05, 4.69) is 43.6 Å². The molecule has 2 atom stereocenters. The van der Waals surface area contributed by atoms with Crippen molar-refractivity contribution in [2.24, 2.45) is 0 Å². The summed E-state index contributed by atoms with van der Waals surface area (Å²) in [6.45, 7) is 3.07. The Morgan fingerprint density at radius 3 is 3.06 bits per heavy atom. The third-order valence-corrected chi connectivity index (χ3v) is 4.57. The molecule has 0 spiro atoms. The van der Waals surface area contributed by atoms with Crippen LogP contribution in [0.15, 0.2) is 24.3 Å². The third kappa shape index (κ3) is 3.50. The molecular formula is C15H23NOS. The molecule has 1 N–H and O–H groups in total. The van der Waals surface area contributed by atoms with Gasteiger partial charge in [0.1, 0.15) is 0 Å². The van der Waals surface area contributed by atoms with Gasteiger partial charge in [-0.2, -0.15) is 11.8 Å². The molecule has 1 aliphatic rings. The van der Waals surface area contributed by atoms with E-state index in [4.69, 9.17) is 4.74 Å². The zero-order valence-electron chi connectivity index (χ0n) is 11.3. The first-order valence-corrected chi connectivity index (χ1v) is 7.95. The van der Waals surface area contributed by atoms with E-state index < -0.39 is 0 Å². The van der Waals surface area contributed by atoms with Crippen molar-refractivity contribution in [2.75, 3.05) is 25.2 Å². The monoisotopic (exact) mass is 265 g/mol. The van der Waals surface area contributed by atoms with Gasteiger partial charge in [0.05, 0.1) is 12.7 Å². The van der Waals surface area contributed by atoms with Crippen LogP contribution in [-0.4, -0.2) is 31.2 Å². The van der Waals surface area contributed by atoms with E-state index in [-0.39, 0.29) is 6.10 Å². The molecule has 1 aromatic rings. The van der Waals surface area contributed by atoms with Crippen molar-refractivity contribution in [1.82, 2.24) is 5.32 Å². The van der Waals surface area contributed by atoms with E-state index in [1.807, 2.05) is 11.8 Å². The average molecular weight is 265 g/mol. The SMILES string of the molecule is CCSCC(CC1OCCc2ccccc21)NC. The number of ether oxygens (including phenoxy) is 1. The first-order chi connectivity index (χ1) is 8.85. The molecule has 2 nitrogen and oxygen atoms in total. The van der Waals surface area contributed by atoms with Crippen molar-refractivity contribution in [3.63, 3.8) is 0 Å².